The molecule has 8 heavy (non-hydrogen) atoms. The third-order valence-corrected chi connectivity index (χ3v) is 0.704. The molecule has 0 aromatic heterocycles. The van der Waals surface area contributed by atoms with E-state index in [2.05, 4.69) is 0 Å². The minimum absolute atomic E-state index is 0.169. The molecule has 1 rings (SSSR count). The summed E-state index contributed by atoms with van der Waals surface area (Å²) in [6.45, 7) is 0. The van der Waals surface area contributed by atoms with Gasteiger partial charge in [0.2, 0.25) is 6.23 Å². The Labute approximate surface area is 46.1 Å². The number of urea groups is 1. The van der Waals surface area contributed by atoms with Crippen LogP contribution in [-0.4, -0.2) is 23.3 Å². The number of rotatable bonds is 0. The molecule has 0 aliphatic carbocycles. The number of carbonyl (C=O) groups is 2. The van der Waals surface area contributed by atoms with Crippen LogP contribution in [0.1, 0.15) is 0 Å². The van der Waals surface area contributed by atoms with Crippen LogP contribution in [0.5, 0.6) is 0 Å². The Morgan fingerprint density at radius 1 is 1.75 bits per heavy atom. The zero-order chi connectivity index (χ0) is 7.02. The van der Waals surface area contributed by atoms with Crippen LogP contribution in [0.4, 0.5) is 4.79 Å². The molecular weight excluding hydrogens is 112 g/mol. The van der Waals surface area contributed by atoms with E-state index in [1.807, 2.05) is 0 Å². The lowest BCUT2D eigenvalue weighted by Gasteiger charge is -1.90. The Morgan fingerprint density at radius 3 is 2.50 bits per heavy atom. The van der Waals surface area contributed by atoms with Crippen molar-refractivity contribution < 1.29 is 16.1 Å². The van der Waals surface area contributed by atoms with Crippen molar-refractivity contribution in [1.82, 2.24) is 10.6 Å². The van der Waals surface area contributed by atoms with Crippen molar-refractivity contribution in [3.63, 3.8) is 0 Å². The molecule has 3 amide bonds. The third-order valence-electron chi connectivity index (χ3n) is 0.704. The first kappa shape index (κ1) is 3.85. The lowest BCUT2D eigenvalue weighted by Crippen LogP contribution is -2.27. The van der Waals surface area contributed by atoms with Gasteiger partial charge in [-0.1, -0.05) is 0 Å². The van der Waals surface area contributed by atoms with Gasteiger partial charge < -0.3 is 10.4 Å². The first-order chi connectivity index (χ1) is 4.13. The van der Waals surface area contributed by atoms with Crippen LogP contribution < -0.4 is 10.6 Å². The summed E-state index contributed by atoms with van der Waals surface area (Å²) in [4.78, 5) is 20.5. The summed E-state index contributed by atoms with van der Waals surface area (Å²) in [6, 6.07) is -0.896. The van der Waals surface area contributed by atoms with Gasteiger partial charge in [-0.05, 0) is 0 Å². The number of hydrogen-bond donors (Lipinski definition) is 3. The summed E-state index contributed by atoms with van der Waals surface area (Å²) in [5, 5.41) is 10.4. The van der Waals surface area contributed by atoms with E-state index in [1.165, 1.54) is 0 Å². The van der Waals surface area contributed by atoms with Gasteiger partial charge in [-0.15, -0.1) is 0 Å². The fourth-order valence-corrected chi connectivity index (χ4v) is 0.372. The number of aliphatic hydroxyl groups is 1. The third kappa shape index (κ3) is 0.627. The van der Waals surface area contributed by atoms with E-state index in [0.29, 0.717) is 0 Å². The maximum atomic E-state index is 10.3. The van der Waals surface area contributed by atoms with E-state index in [0.717, 1.165) is 0 Å². The standard InChI is InChI=1S/C3H4N2O3/c6-1-2(7)5-3(8)4-1/h1,6H,(H2,4,5,7,8)/i/hD. The van der Waals surface area contributed by atoms with Gasteiger partial charge in [0.25, 0.3) is 5.91 Å². The lowest BCUT2D eigenvalue weighted by atomic mass is 10.6. The zero-order valence-corrected chi connectivity index (χ0v) is 3.79. The Kier molecular flexibility index (Phi) is 0.695. The maximum Gasteiger partial charge on any atom is 0.323 e. The molecular formula is C3H4N2O3. The number of aliphatic hydroxyl groups excluding tert-OH is 1. The largest absolute Gasteiger partial charge is 0.365 e. The zero-order valence-electron chi connectivity index (χ0n) is 4.79. The average molecular weight is 117 g/mol. The average Bonchev–Trinajstić information content (AvgIpc) is 1.98. The predicted molar refractivity (Wildman–Crippen MR) is 22.7 cm³/mol. The van der Waals surface area contributed by atoms with Crippen LogP contribution in [-0.2, 0) is 4.79 Å². The summed E-state index contributed by atoms with van der Waals surface area (Å²) in [6.07, 6.45) is -1.64. The fourth-order valence-electron chi connectivity index (χ4n) is 0.372. The highest BCUT2D eigenvalue weighted by Crippen LogP contribution is 1.84. The highest BCUT2D eigenvalue weighted by Gasteiger charge is 2.26. The van der Waals surface area contributed by atoms with Crippen LogP contribution in [0.2, 0.25) is 1.41 Å². The molecule has 1 fully saturated rings. The maximum absolute atomic E-state index is 10.3. The van der Waals surface area contributed by atoms with Crippen molar-refractivity contribution in [2.24, 2.45) is 0 Å². The predicted octanol–water partition coefficient (Wildman–Crippen LogP) is -1.86. The van der Waals surface area contributed by atoms with Crippen molar-refractivity contribution >= 4 is 11.9 Å². The van der Waals surface area contributed by atoms with Crippen molar-refractivity contribution in [2.75, 3.05) is 0 Å². The molecule has 1 heterocycles. The highest BCUT2D eigenvalue weighted by atomic mass is 16.3. The number of amides is 3. The second-order valence-electron chi connectivity index (χ2n) is 1.30. The molecule has 44 valence electrons. The molecule has 1 unspecified atom stereocenters. The fraction of sp³-hybridized carbons (Fsp3) is 0.333. The summed E-state index contributed by atoms with van der Waals surface area (Å²) >= 11 is 0. The van der Waals surface area contributed by atoms with Gasteiger partial charge in [0, 0.05) is 0 Å². The van der Waals surface area contributed by atoms with Gasteiger partial charge in [0.15, 0.2) is 1.41 Å². The Hall–Kier alpha value is -1.10. The minimum Gasteiger partial charge on any atom is -0.365 e. The second-order valence-corrected chi connectivity index (χ2v) is 1.30. The molecule has 0 aromatic rings. The summed E-state index contributed by atoms with van der Waals surface area (Å²) in [5.41, 5.74) is 0. The van der Waals surface area contributed by atoms with E-state index >= 15 is 0 Å². The summed E-state index contributed by atoms with van der Waals surface area (Å²) in [7, 11) is 0. The van der Waals surface area contributed by atoms with Crippen LogP contribution in [0, 0.1) is 0 Å². The van der Waals surface area contributed by atoms with E-state index < -0.39 is 18.2 Å². The van der Waals surface area contributed by atoms with Crippen molar-refractivity contribution in [3.8, 4) is 0 Å². The second kappa shape index (κ2) is 1.45. The molecule has 0 radical (unpaired) electrons. The quantitative estimate of drug-likeness (QED) is 0.326. The number of hydrogen-bond acceptors (Lipinski definition) is 3. The van der Waals surface area contributed by atoms with Gasteiger partial charge in [-0.3, -0.25) is 10.1 Å². The first-order valence-corrected chi connectivity index (χ1v) is 1.94. The highest BCUT2D eigenvalue weighted by molar-refractivity contribution is 6.03. The Bertz CT molecular complexity index is 152. The van der Waals surface area contributed by atoms with E-state index in [-0.39, 0.29) is 5.31 Å². The number of imide groups is 1. The number of carbonyl (C=O) groups excluding carboxylic acids is 2. The smallest absolute Gasteiger partial charge is 0.323 e. The molecule has 5 heteroatoms. The molecule has 0 saturated carbocycles. The Balaban J connectivity index is 2.77. The van der Waals surface area contributed by atoms with Crippen molar-refractivity contribution in [2.45, 2.75) is 6.23 Å². The van der Waals surface area contributed by atoms with Gasteiger partial charge >= 0.3 is 6.03 Å². The van der Waals surface area contributed by atoms with Crippen LogP contribution >= 0.6 is 0 Å². The van der Waals surface area contributed by atoms with Crippen LogP contribution in [0.15, 0.2) is 0 Å². The lowest BCUT2D eigenvalue weighted by molar-refractivity contribution is -0.126. The van der Waals surface area contributed by atoms with Crippen LogP contribution in [0.3, 0.4) is 0 Å². The molecule has 3 N–H and O–H groups in total. The van der Waals surface area contributed by atoms with Gasteiger partial charge in [0.05, 0.1) is 0 Å². The normalized spacial score (nSPS) is 30.4. The minimum atomic E-state index is -1.64. The molecule has 5 nitrogen and oxygen atoms in total. The van der Waals surface area contributed by atoms with Crippen molar-refractivity contribution in [3.05, 3.63) is 0 Å². The SMILES string of the molecule is [2H]N1C(=O)NC(=O)C1O. The molecule has 0 bridgehead atoms. The first-order valence-electron chi connectivity index (χ1n) is 2.38. The molecule has 1 aliphatic rings. The number of nitrogens with one attached hydrogen (secondary N) is 2. The summed E-state index contributed by atoms with van der Waals surface area (Å²) < 4.78 is 6.62. The van der Waals surface area contributed by atoms with Crippen LogP contribution in [0.25, 0.3) is 0 Å². The Morgan fingerprint density at radius 2 is 2.38 bits per heavy atom. The summed E-state index contributed by atoms with van der Waals surface area (Å²) in [5.74, 6) is -0.852. The molecule has 1 atom stereocenters. The van der Waals surface area contributed by atoms with E-state index in [9.17, 15) is 9.59 Å². The monoisotopic (exact) mass is 117 g/mol. The van der Waals surface area contributed by atoms with Gasteiger partial charge in [0.1, 0.15) is 0 Å². The van der Waals surface area contributed by atoms with E-state index in [1.54, 1.807) is 5.32 Å². The molecule has 1 saturated heterocycles. The van der Waals surface area contributed by atoms with Gasteiger partial charge in [-0.25, -0.2) is 4.79 Å². The van der Waals surface area contributed by atoms with Gasteiger partial charge in [-0.2, -0.15) is 0 Å². The van der Waals surface area contributed by atoms with E-state index in [4.69, 9.17) is 6.52 Å². The molecule has 1 aliphatic heterocycles. The molecule has 0 spiro atoms. The molecule has 0 aromatic carbocycles. The topological polar surface area (TPSA) is 78.4 Å². The van der Waals surface area contributed by atoms with Crippen molar-refractivity contribution in [1.29, 1.82) is 0 Å².